The van der Waals surface area contributed by atoms with E-state index in [0.717, 1.165) is 6.42 Å². The van der Waals surface area contributed by atoms with Crippen LogP contribution in [-0.2, 0) is 0 Å². The number of aryl methyl sites for hydroxylation is 1. The van der Waals surface area contributed by atoms with E-state index in [9.17, 15) is 14.7 Å². The molecule has 4 atom stereocenters. The minimum atomic E-state index is -1.04. The van der Waals surface area contributed by atoms with Gasteiger partial charge in [0.1, 0.15) is 0 Å². The van der Waals surface area contributed by atoms with Crippen molar-refractivity contribution < 1.29 is 19.1 Å². The van der Waals surface area contributed by atoms with Gasteiger partial charge in [-0.25, -0.2) is 0 Å². The van der Waals surface area contributed by atoms with Crippen molar-refractivity contribution in [2.75, 3.05) is 0 Å². The smallest absolute Gasteiger partial charge is 0.207 e. The normalized spacial score (nSPS) is 38.0. The van der Waals surface area contributed by atoms with Crippen molar-refractivity contribution in [3.05, 3.63) is 23.2 Å². The van der Waals surface area contributed by atoms with Gasteiger partial charge in [-0.05, 0) is 38.2 Å². The molecule has 4 nitrogen and oxygen atoms in total. The SMILES string of the molecule is Cc1coc2c1C(=O)[C@H]1[C@@H](C)CC[C@H](O)[C@]1(C)C2=O. The third-order valence-corrected chi connectivity index (χ3v) is 5.00. The molecule has 0 spiro atoms. The molecule has 19 heavy (non-hydrogen) atoms. The third kappa shape index (κ3) is 1.38. The van der Waals surface area contributed by atoms with Crippen LogP contribution in [0.4, 0.5) is 0 Å². The van der Waals surface area contributed by atoms with Crippen LogP contribution in [0, 0.1) is 24.2 Å². The number of hydrogen-bond donors (Lipinski definition) is 1. The molecule has 1 saturated carbocycles. The number of fused-ring (bicyclic) bond motifs is 2. The molecule has 2 aliphatic rings. The number of rotatable bonds is 0. The lowest BCUT2D eigenvalue weighted by Crippen LogP contribution is -2.56. The molecule has 1 aromatic heterocycles. The number of aliphatic hydroxyl groups is 1. The molecule has 1 aromatic rings. The first-order chi connectivity index (χ1) is 8.89. The van der Waals surface area contributed by atoms with E-state index < -0.39 is 17.4 Å². The fourth-order valence-corrected chi connectivity index (χ4v) is 3.83. The highest BCUT2D eigenvalue weighted by Crippen LogP contribution is 2.51. The van der Waals surface area contributed by atoms with E-state index in [1.54, 1.807) is 13.8 Å². The van der Waals surface area contributed by atoms with E-state index in [-0.39, 0.29) is 23.2 Å². The van der Waals surface area contributed by atoms with E-state index in [0.29, 0.717) is 17.5 Å². The van der Waals surface area contributed by atoms with Gasteiger partial charge < -0.3 is 9.52 Å². The van der Waals surface area contributed by atoms with Crippen molar-refractivity contribution in [2.24, 2.45) is 17.3 Å². The molecule has 1 fully saturated rings. The van der Waals surface area contributed by atoms with Crippen LogP contribution in [0.15, 0.2) is 10.7 Å². The molecular formula is C15H18O4. The van der Waals surface area contributed by atoms with E-state index in [1.165, 1.54) is 6.26 Å². The molecule has 4 heteroatoms. The van der Waals surface area contributed by atoms with Gasteiger partial charge in [-0.2, -0.15) is 0 Å². The Bertz CT molecular complexity index is 571. The Balaban J connectivity index is 2.25. The van der Waals surface area contributed by atoms with Gasteiger partial charge in [0.15, 0.2) is 11.5 Å². The highest BCUT2D eigenvalue weighted by Gasteiger charge is 2.59. The average molecular weight is 262 g/mol. The predicted molar refractivity (Wildman–Crippen MR) is 68.1 cm³/mol. The molecule has 2 aliphatic carbocycles. The Kier molecular flexibility index (Phi) is 2.52. The van der Waals surface area contributed by atoms with E-state index in [1.807, 2.05) is 6.92 Å². The van der Waals surface area contributed by atoms with Crippen molar-refractivity contribution in [3.8, 4) is 0 Å². The fraction of sp³-hybridized carbons (Fsp3) is 0.600. The summed E-state index contributed by atoms with van der Waals surface area (Å²) in [5, 5.41) is 10.3. The quantitative estimate of drug-likeness (QED) is 0.779. The van der Waals surface area contributed by atoms with Crippen LogP contribution in [0.5, 0.6) is 0 Å². The van der Waals surface area contributed by atoms with Crippen LogP contribution in [0.2, 0.25) is 0 Å². The molecule has 0 aliphatic heterocycles. The Hall–Kier alpha value is -1.42. The van der Waals surface area contributed by atoms with Crippen molar-refractivity contribution in [1.29, 1.82) is 0 Å². The van der Waals surface area contributed by atoms with Crippen LogP contribution >= 0.6 is 0 Å². The van der Waals surface area contributed by atoms with Gasteiger partial charge in [-0.15, -0.1) is 0 Å². The van der Waals surface area contributed by atoms with Crippen molar-refractivity contribution in [1.82, 2.24) is 0 Å². The second kappa shape index (κ2) is 3.79. The Morgan fingerprint density at radius 2 is 2.05 bits per heavy atom. The maximum Gasteiger partial charge on any atom is 0.207 e. The Morgan fingerprint density at radius 3 is 2.74 bits per heavy atom. The molecule has 0 unspecified atom stereocenters. The zero-order valence-corrected chi connectivity index (χ0v) is 11.4. The highest BCUT2D eigenvalue weighted by molar-refractivity contribution is 6.17. The van der Waals surface area contributed by atoms with Gasteiger partial charge in [-0.3, -0.25) is 9.59 Å². The molecule has 1 heterocycles. The highest BCUT2D eigenvalue weighted by atomic mass is 16.3. The average Bonchev–Trinajstić information content (AvgIpc) is 2.74. The van der Waals surface area contributed by atoms with Gasteiger partial charge >= 0.3 is 0 Å². The number of hydrogen-bond acceptors (Lipinski definition) is 4. The van der Waals surface area contributed by atoms with Crippen molar-refractivity contribution >= 4 is 11.6 Å². The van der Waals surface area contributed by atoms with Crippen LogP contribution in [0.3, 0.4) is 0 Å². The van der Waals surface area contributed by atoms with Gasteiger partial charge in [0.2, 0.25) is 5.78 Å². The lowest BCUT2D eigenvalue weighted by Gasteiger charge is -2.47. The molecule has 1 N–H and O–H groups in total. The summed E-state index contributed by atoms with van der Waals surface area (Å²) in [4.78, 5) is 25.4. The number of carbonyl (C=O) groups is 2. The largest absolute Gasteiger partial charge is 0.460 e. The molecule has 0 aromatic carbocycles. The summed E-state index contributed by atoms with van der Waals surface area (Å²) < 4.78 is 5.29. The topological polar surface area (TPSA) is 67.5 Å². The van der Waals surface area contributed by atoms with Crippen LogP contribution in [0.1, 0.15) is 53.2 Å². The van der Waals surface area contributed by atoms with E-state index >= 15 is 0 Å². The van der Waals surface area contributed by atoms with Gasteiger partial charge in [-0.1, -0.05) is 6.92 Å². The molecule has 0 radical (unpaired) electrons. The number of carbonyl (C=O) groups excluding carboxylic acids is 2. The van der Waals surface area contributed by atoms with Crippen molar-refractivity contribution in [3.63, 3.8) is 0 Å². The van der Waals surface area contributed by atoms with E-state index in [4.69, 9.17) is 4.42 Å². The molecule has 0 bridgehead atoms. The lowest BCUT2D eigenvalue weighted by molar-refractivity contribution is -0.0394. The first kappa shape index (κ1) is 12.6. The van der Waals surface area contributed by atoms with Gasteiger partial charge in [0.05, 0.1) is 23.3 Å². The van der Waals surface area contributed by atoms with Gasteiger partial charge in [0.25, 0.3) is 0 Å². The first-order valence-electron chi connectivity index (χ1n) is 6.74. The Morgan fingerprint density at radius 1 is 1.37 bits per heavy atom. The Labute approximate surface area is 111 Å². The van der Waals surface area contributed by atoms with Crippen LogP contribution < -0.4 is 0 Å². The molecular weight excluding hydrogens is 244 g/mol. The lowest BCUT2D eigenvalue weighted by atomic mass is 9.54. The predicted octanol–water partition coefficient (Wildman–Crippen LogP) is 2.38. The van der Waals surface area contributed by atoms with E-state index in [2.05, 4.69) is 0 Å². The summed E-state index contributed by atoms with van der Waals surface area (Å²) >= 11 is 0. The first-order valence-corrected chi connectivity index (χ1v) is 6.74. The second-order valence-corrected chi connectivity index (χ2v) is 6.15. The summed E-state index contributed by atoms with van der Waals surface area (Å²) in [6.07, 6.45) is 2.01. The molecule has 0 amide bonds. The maximum absolute atomic E-state index is 12.7. The zero-order valence-electron chi connectivity index (χ0n) is 11.4. The summed E-state index contributed by atoms with van der Waals surface area (Å²) in [6, 6.07) is 0. The molecule has 3 rings (SSSR count). The van der Waals surface area contributed by atoms with Gasteiger partial charge in [0, 0.05) is 5.92 Å². The second-order valence-electron chi connectivity index (χ2n) is 6.15. The summed E-state index contributed by atoms with van der Waals surface area (Å²) in [5.74, 6) is -0.469. The minimum absolute atomic E-state index is 0.0467. The maximum atomic E-state index is 12.7. The number of furan rings is 1. The zero-order chi connectivity index (χ0) is 13.9. The molecule has 0 saturated heterocycles. The summed E-state index contributed by atoms with van der Waals surface area (Å²) in [7, 11) is 0. The minimum Gasteiger partial charge on any atom is -0.460 e. The standard InChI is InChI=1S/C15H18O4/c1-7-4-5-9(16)15(3)11(7)12(17)10-8(2)6-19-13(10)14(15)18/h6-7,9,11,16H,4-5H2,1-3H3/t7-,9-,11+,15-/m0/s1. The monoisotopic (exact) mass is 262 g/mol. The van der Waals surface area contributed by atoms with Crippen LogP contribution in [-0.4, -0.2) is 22.8 Å². The summed E-state index contributed by atoms with van der Waals surface area (Å²) in [6.45, 7) is 5.47. The third-order valence-electron chi connectivity index (χ3n) is 5.00. The number of Topliss-reactive ketones (excluding diaryl/α,β-unsaturated/α-hetero) is 2. The molecule has 102 valence electrons. The van der Waals surface area contributed by atoms with Crippen LogP contribution in [0.25, 0.3) is 0 Å². The number of aliphatic hydroxyl groups excluding tert-OH is 1. The van der Waals surface area contributed by atoms with Crippen molar-refractivity contribution in [2.45, 2.75) is 39.7 Å². The summed E-state index contributed by atoms with van der Waals surface area (Å²) in [5.41, 5.74) is 0.0996. The number of ketones is 2. The fourth-order valence-electron chi connectivity index (χ4n) is 3.83.